The number of aryl methyl sites for hydroxylation is 1. The molecular weight excluding hydrogens is 414 g/mol. The van der Waals surface area contributed by atoms with Gasteiger partial charge in [-0.3, -0.25) is 4.90 Å². The molecule has 0 atom stereocenters. The van der Waals surface area contributed by atoms with Crippen LogP contribution in [0.5, 0.6) is 0 Å². The molecule has 1 aromatic heterocycles. The number of fused-ring (bicyclic) bond motifs is 1. The molecule has 5 nitrogen and oxygen atoms in total. The van der Waals surface area contributed by atoms with Crippen LogP contribution in [0.25, 0.3) is 0 Å². The lowest BCUT2D eigenvalue weighted by Gasteiger charge is -2.33. The van der Waals surface area contributed by atoms with Crippen LogP contribution in [0.2, 0.25) is 0 Å². The SMILES string of the molecule is COC(=O)c1c(NC(=S)NC2CCN(Cc3ccccc3)CC2)sc2c1CCCC2. The van der Waals surface area contributed by atoms with Crippen molar-refractivity contribution in [3.8, 4) is 0 Å². The Morgan fingerprint density at radius 2 is 1.93 bits per heavy atom. The standard InChI is InChI=1S/C23H29N3O2S2/c1-28-22(27)20-18-9-5-6-10-19(18)30-21(20)25-23(29)24-17-11-13-26(14-12-17)15-16-7-3-2-4-8-16/h2-4,7-8,17H,5-6,9-15H2,1H3,(H2,24,25,29). The third-order valence-corrected chi connectivity index (χ3v) is 7.39. The number of hydrogen-bond donors (Lipinski definition) is 2. The number of benzene rings is 1. The lowest BCUT2D eigenvalue weighted by atomic mass is 9.95. The minimum Gasteiger partial charge on any atom is -0.465 e. The van der Waals surface area contributed by atoms with E-state index in [9.17, 15) is 4.79 Å². The Kier molecular flexibility index (Phi) is 7.02. The van der Waals surface area contributed by atoms with Crippen molar-refractivity contribution in [2.24, 2.45) is 0 Å². The Labute approximate surface area is 187 Å². The van der Waals surface area contributed by atoms with Gasteiger partial charge in [-0.2, -0.15) is 0 Å². The summed E-state index contributed by atoms with van der Waals surface area (Å²) in [6.45, 7) is 3.10. The number of piperidine rings is 1. The third kappa shape index (κ3) is 5.02. The van der Waals surface area contributed by atoms with Crippen LogP contribution in [-0.4, -0.2) is 42.2 Å². The largest absolute Gasteiger partial charge is 0.465 e. The predicted octanol–water partition coefficient (Wildman–Crippen LogP) is 4.36. The highest BCUT2D eigenvalue weighted by Crippen LogP contribution is 2.38. The number of methoxy groups -OCH3 is 1. The number of anilines is 1. The minimum atomic E-state index is -0.270. The van der Waals surface area contributed by atoms with Crippen LogP contribution in [0, 0.1) is 0 Å². The quantitative estimate of drug-likeness (QED) is 0.529. The van der Waals surface area contributed by atoms with E-state index in [1.54, 1.807) is 11.3 Å². The first-order chi connectivity index (χ1) is 14.6. The number of esters is 1. The van der Waals surface area contributed by atoms with Crippen LogP contribution in [-0.2, 0) is 24.1 Å². The van der Waals surface area contributed by atoms with Crippen LogP contribution in [0.1, 0.15) is 52.0 Å². The molecule has 0 bridgehead atoms. The zero-order valence-corrected chi connectivity index (χ0v) is 19.0. The summed E-state index contributed by atoms with van der Waals surface area (Å²) >= 11 is 7.24. The summed E-state index contributed by atoms with van der Waals surface area (Å²) in [6.07, 6.45) is 6.39. The van der Waals surface area contributed by atoms with E-state index in [1.165, 1.54) is 24.0 Å². The number of thiocarbonyl (C=S) groups is 1. The van der Waals surface area contributed by atoms with Gasteiger partial charge < -0.3 is 15.4 Å². The highest BCUT2D eigenvalue weighted by atomic mass is 32.1. The zero-order chi connectivity index (χ0) is 20.9. The molecule has 2 aromatic rings. The summed E-state index contributed by atoms with van der Waals surface area (Å²) in [5, 5.41) is 8.19. The summed E-state index contributed by atoms with van der Waals surface area (Å²) in [7, 11) is 1.44. The molecule has 0 amide bonds. The molecule has 1 aromatic carbocycles. The Morgan fingerprint density at radius 3 is 2.67 bits per heavy atom. The third-order valence-electron chi connectivity index (χ3n) is 5.96. The van der Waals surface area contributed by atoms with Crippen molar-refractivity contribution in [2.45, 2.75) is 51.1 Å². The van der Waals surface area contributed by atoms with E-state index in [2.05, 4.69) is 45.9 Å². The van der Waals surface area contributed by atoms with Gasteiger partial charge >= 0.3 is 5.97 Å². The van der Waals surface area contributed by atoms with Gasteiger partial charge in [0.05, 0.1) is 12.7 Å². The first-order valence-corrected chi connectivity index (χ1v) is 11.9. The molecular formula is C23H29N3O2S2. The molecule has 30 heavy (non-hydrogen) atoms. The van der Waals surface area contributed by atoms with Gasteiger partial charge in [-0.1, -0.05) is 30.3 Å². The molecule has 0 spiro atoms. The van der Waals surface area contributed by atoms with Gasteiger partial charge in [0.1, 0.15) is 5.00 Å². The fourth-order valence-corrected chi connectivity index (χ4v) is 5.99. The predicted molar refractivity (Wildman–Crippen MR) is 126 cm³/mol. The summed E-state index contributed by atoms with van der Waals surface area (Å²) in [4.78, 5) is 16.2. The number of hydrogen-bond acceptors (Lipinski definition) is 5. The zero-order valence-electron chi connectivity index (χ0n) is 17.4. The average molecular weight is 444 g/mol. The molecule has 4 rings (SSSR count). The second-order valence-corrected chi connectivity index (χ2v) is 9.55. The van der Waals surface area contributed by atoms with E-state index in [-0.39, 0.29) is 5.97 Å². The number of nitrogens with one attached hydrogen (secondary N) is 2. The van der Waals surface area contributed by atoms with Crippen LogP contribution in [0.4, 0.5) is 5.00 Å². The van der Waals surface area contributed by atoms with Gasteiger partial charge in [0.15, 0.2) is 5.11 Å². The normalized spacial score (nSPS) is 17.2. The maximum absolute atomic E-state index is 12.4. The monoisotopic (exact) mass is 443 g/mol. The molecule has 0 saturated carbocycles. The molecule has 0 unspecified atom stereocenters. The fourth-order valence-electron chi connectivity index (χ4n) is 4.37. The number of nitrogens with zero attached hydrogens (tertiary/aromatic N) is 1. The lowest BCUT2D eigenvalue weighted by Crippen LogP contribution is -2.45. The topological polar surface area (TPSA) is 53.6 Å². The molecule has 2 aliphatic rings. The van der Waals surface area contributed by atoms with Crippen LogP contribution in [0.15, 0.2) is 30.3 Å². The summed E-state index contributed by atoms with van der Waals surface area (Å²) in [6, 6.07) is 11.0. The molecule has 2 N–H and O–H groups in total. The Morgan fingerprint density at radius 1 is 1.20 bits per heavy atom. The first-order valence-electron chi connectivity index (χ1n) is 10.7. The number of rotatable bonds is 5. The molecule has 0 radical (unpaired) electrons. The average Bonchev–Trinajstić information content (AvgIpc) is 3.13. The van der Waals surface area contributed by atoms with Crippen molar-refractivity contribution < 1.29 is 9.53 Å². The summed E-state index contributed by atoms with van der Waals surface area (Å²) in [5.74, 6) is -0.270. The highest BCUT2D eigenvalue weighted by Gasteiger charge is 2.27. The second-order valence-electron chi connectivity index (χ2n) is 8.04. The molecule has 7 heteroatoms. The van der Waals surface area contributed by atoms with Gasteiger partial charge in [0, 0.05) is 30.6 Å². The van der Waals surface area contributed by atoms with E-state index in [1.807, 2.05) is 0 Å². The minimum absolute atomic E-state index is 0.270. The second kappa shape index (κ2) is 9.90. The molecule has 1 aliphatic heterocycles. The smallest absolute Gasteiger partial charge is 0.341 e. The van der Waals surface area contributed by atoms with Crippen molar-refractivity contribution in [3.63, 3.8) is 0 Å². The van der Waals surface area contributed by atoms with Crippen molar-refractivity contribution in [1.29, 1.82) is 0 Å². The van der Waals surface area contributed by atoms with Gasteiger partial charge in [-0.05, 0) is 61.9 Å². The van der Waals surface area contributed by atoms with Crippen LogP contribution >= 0.6 is 23.6 Å². The van der Waals surface area contributed by atoms with E-state index in [0.29, 0.717) is 16.7 Å². The molecule has 1 saturated heterocycles. The molecule has 2 heterocycles. The Balaban J connectivity index is 1.32. The summed E-state index contributed by atoms with van der Waals surface area (Å²) in [5.41, 5.74) is 3.19. The van der Waals surface area contributed by atoms with Crippen molar-refractivity contribution in [3.05, 3.63) is 51.9 Å². The Bertz CT molecular complexity index is 889. The van der Waals surface area contributed by atoms with Crippen molar-refractivity contribution in [1.82, 2.24) is 10.2 Å². The maximum Gasteiger partial charge on any atom is 0.341 e. The van der Waals surface area contributed by atoms with Gasteiger partial charge in [0.25, 0.3) is 0 Å². The van der Waals surface area contributed by atoms with Crippen LogP contribution < -0.4 is 10.6 Å². The lowest BCUT2D eigenvalue weighted by molar-refractivity contribution is 0.0601. The van der Waals surface area contributed by atoms with Gasteiger partial charge in [0.2, 0.25) is 0 Å². The van der Waals surface area contributed by atoms with Gasteiger partial charge in [-0.25, -0.2) is 4.79 Å². The van der Waals surface area contributed by atoms with Crippen molar-refractivity contribution in [2.75, 3.05) is 25.5 Å². The number of carbonyl (C=O) groups is 1. The van der Waals surface area contributed by atoms with E-state index < -0.39 is 0 Å². The number of carbonyl (C=O) groups excluding carboxylic acids is 1. The molecule has 1 aliphatic carbocycles. The van der Waals surface area contributed by atoms with Crippen LogP contribution in [0.3, 0.4) is 0 Å². The fraction of sp³-hybridized carbons (Fsp3) is 0.478. The van der Waals surface area contributed by atoms with E-state index >= 15 is 0 Å². The molecule has 160 valence electrons. The van der Waals surface area contributed by atoms with E-state index in [4.69, 9.17) is 17.0 Å². The maximum atomic E-state index is 12.4. The number of thiophene rings is 1. The number of ether oxygens (including phenoxy) is 1. The van der Waals surface area contributed by atoms with E-state index in [0.717, 1.165) is 62.3 Å². The number of likely N-dealkylation sites (tertiary alicyclic amines) is 1. The van der Waals surface area contributed by atoms with Gasteiger partial charge in [-0.15, -0.1) is 11.3 Å². The van der Waals surface area contributed by atoms with Crippen molar-refractivity contribution >= 4 is 39.6 Å². The Hall–Kier alpha value is -1.96. The highest BCUT2D eigenvalue weighted by molar-refractivity contribution is 7.80. The molecule has 1 fully saturated rings. The first kappa shape index (κ1) is 21.3. The summed E-state index contributed by atoms with van der Waals surface area (Å²) < 4.78 is 5.05.